The maximum absolute atomic E-state index is 4.92. The molecule has 0 aliphatic heterocycles. The van der Waals surface area contributed by atoms with Crippen LogP contribution in [0.4, 0.5) is 0 Å². The quantitative estimate of drug-likeness (QED) is 0.284. The second-order valence-corrected chi connectivity index (χ2v) is 21.9. The van der Waals surface area contributed by atoms with Gasteiger partial charge in [-0.1, -0.05) is 40.3 Å². The number of hydrogen-bond donors (Lipinski definition) is 0. The van der Waals surface area contributed by atoms with Crippen molar-refractivity contribution in [3.05, 3.63) is 71.4 Å². The van der Waals surface area contributed by atoms with Gasteiger partial charge >= 0.3 is 0 Å². The van der Waals surface area contributed by atoms with Crippen molar-refractivity contribution in [2.45, 2.75) is 120 Å². The first-order valence-corrected chi connectivity index (χ1v) is 20.3. The molecule has 9 aliphatic carbocycles. The standard InChI is InChI=1S/C39H52N4P2/c1-36(2,3)32-16-31(33(17-32)39(44,34-40-6-4-7-41-34)35-42-8-5-9-43-35)24-45(37-18-25-10-26(19-37)12-27(11-25)20-37)38-21-28-13-29(22-38)15-30(14-28)23-38/h4-9,16,25-30H,10-15,17-24,44H2,1-3H3. The molecule has 0 radical (unpaired) electrons. The topological polar surface area (TPSA) is 51.6 Å². The summed E-state index contributed by atoms with van der Waals surface area (Å²) in [6.07, 6.45) is 31.0. The summed E-state index contributed by atoms with van der Waals surface area (Å²) in [5.41, 5.74) is 4.72. The number of rotatable bonds is 7. The van der Waals surface area contributed by atoms with Crippen molar-refractivity contribution in [2.24, 2.45) is 40.9 Å². The van der Waals surface area contributed by atoms with E-state index < -0.39 is 5.16 Å². The Labute approximate surface area is 274 Å². The third-order valence-corrected chi connectivity index (χ3v) is 18.8. The van der Waals surface area contributed by atoms with Gasteiger partial charge in [0.25, 0.3) is 0 Å². The van der Waals surface area contributed by atoms with Gasteiger partial charge in [-0.15, -0.1) is 9.24 Å². The summed E-state index contributed by atoms with van der Waals surface area (Å²) in [6.45, 7) is 7.22. The van der Waals surface area contributed by atoms with Crippen molar-refractivity contribution < 1.29 is 0 Å². The lowest BCUT2D eigenvalue weighted by Gasteiger charge is -2.67. The number of hydrogen-bond acceptors (Lipinski definition) is 4. The molecule has 0 aromatic carbocycles. The van der Waals surface area contributed by atoms with E-state index in [1.54, 1.807) is 49.7 Å². The van der Waals surface area contributed by atoms with E-state index in [1.165, 1.54) is 50.3 Å². The fourth-order valence-corrected chi connectivity index (χ4v) is 18.6. The average Bonchev–Trinajstić information content (AvgIpc) is 3.44. The Morgan fingerprint density at radius 3 is 1.40 bits per heavy atom. The van der Waals surface area contributed by atoms with Crippen molar-refractivity contribution in [3.63, 3.8) is 0 Å². The van der Waals surface area contributed by atoms with Crippen LogP contribution >= 0.6 is 17.2 Å². The lowest BCUT2D eigenvalue weighted by Crippen LogP contribution is -2.57. The summed E-state index contributed by atoms with van der Waals surface area (Å²) in [5, 5.41) is 0.565. The summed E-state index contributed by atoms with van der Waals surface area (Å²) in [7, 11) is 3.05. The predicted octanol–water partition coefficient (Wildman–Crippen LogP) is 9.48. The van der Waals surface area contributed by atoms with Crippen LogP contribution in [0.5, 0.6) is 0 Å². The van der Waals surface area contributed by atoms with E-state index in [0.29, 0.717) is 10.3 Å². The van der Waals surface area contributed by atoms with Gasteiger partial charge in [0.1, 0.15) is 16.8 Å². The SMILES string of the molecule is CC(C)(C)C1=CC(CP(C23CC4CC(CC(C4)C2)C3)C23CC4CC(CC(C4)C2)C3)=C(C(P)(c2ncccn2)c2ncccn2)C1. The highest BCUT2D eigenvalue weighted by Gasteiger charge is 2.63. The lowest BCUT2D eigenvalue weighted by molar-refractivity contribution is 0.0187. The van der Waals surface area contributed by atoms with Crippen LogP contribution in [-0.2, 0) is 5.16 Å². The molecular weight excluding hydrogens is 586 g/mol. The van der Waals surface area contributed by atoms with Gasteiger partial charge in [-0.25, -0.2) is 19.9 Å². The molecule has 6 heteroatoms. The summed E-state index contributed by atoms with van der Waals surface area (Å²) in [6, 6.07) is 3.87. The highest BCUT2D eigenvalue weighted by Crippen LogP contribution is 2.79. The summed E-state index contributed by atoms with van der Waals surface area (Å²) >= 11 is 0. The van der Waals surface area contributed by atoms with Crippen LogP contribution in [0.1, 0.15) is 116 Å². The van der Waals surface area contributed by atoms with E-state index in [-0.39, 0.29) is 13.3 Å². The molecule has 8 fully saturated rings. The van der Waals surface area contributed by atoms with Crippen LogP contribution in [0.2, 0.25) is 0 Å². The second kappa shape index (κ2) is 10.5. The maximum atomic E-state index is 4.92. The molecule has 0 saturated heterocycles. The third kappa shape index (κ3) is 4.80. The monoisotopic (exact) mass is 638 g/mol. The molecule has 2 aromatic rings. The first-order chi connectivity index (χ1) is 21.6. The molecule has 8 saturated carbocycles. The minimum Gasteiger partial charge on any atom is -0.240 e. The van der Waals surface area contributed by atoms with Gasteiger partial charge in [-0.2, -0.15) is 0 Å². The first-order valence-electron chi connectivity index (χ1n) is 18.2. The Hall–Kier alpha value is -1.50. The summed E-state index contributed by atoms with van der Waals surface area (Å²) in [5.74, 6) is 7.65. The fourth-order valence-electron chi connectivity index (χ4n) is 12.8. The minimum absolute atomic E-state index is 0.109. The largest absolute Gasteiger partial charge is 0.240 e. The van der Waals surface area contributed by atoms with Crippen LogP contribution in [0.25, 0.3) is 0 Å². The van der Waals surface area contributed by atoms with Crippen LogP contribution in [0, 0.1) is 40.9 Å². The van der Waals surface area contributed by atoms with Crippen LogP contribution in [0.3, 0.4) is 0 Å². The molecule has 45 heavy (non-hydrogen) atoms. The Balaban J connectivity index is 1.22. The maximum Gasteiger partial charge on any atom is 0.149 e. The van der Waals surface area contributed by atoms with Gasteiger partial charge in [-0.05, 0) is 164 Å². The van der Waals surface area contributed by atoms with E-state index in [2.05, 4.69) is 36.1 Å². The van der Waals surface area contributed by atoms with Crippen molar-refractivity contribution >= 4 is 17.2 Å². The van der Waals surface area contributed by atoms with Gasteiger partial charge < -0.3 is 0 Å². The Morgan fingerprint density at radius 2 is 1.04 bits per heavy atom. The van der Waals surface area contributed by atoms with Crippen LogP contribution in [-0.4, -0.2) is 36.4 Å². The molecule has 0 spiro atoms. The molecule has 0 amide bonds. The van der Waals surface area contributed by atoms with Gasteiger partial charge in [-0.3, -0.25) is 0 Å². The molecule has 4 nitrogen and oxygen atoms in total. The van der Waals surface area contributed by atoms with Gasteiger partial charge in [0, 0.05) is 24.8 Å². The van der Waals surface area contributed by atoms with Gasteiger partial charge in [0.2, 0.25) is 0 Å². The zero-order valence-corrected chi connectivity index (χ0v) is 29.8. The highest BCUT2D eigenvalue weighted by molar-refractivity contribution is 7.61. The Bertz CT molecular complexity index is 1370. The van der Waals surface area contributed by atoms with E-state index in [1.807, 2.05) is 36.9 Å². The predicted molar refractivity (Wildman–Crippen MR) is 187 cm³/mol. The summed E-state index contributed by atoms with van der Waals surface area (Å²) in [4.78, 5) is 19.7. The Kier molecular flexibility index (Phi) is 6.91. The zero-order chi connectivity index (χ0) is 30.6. The van der Waals surface area contributed by atoms with Crippen molar-refractivity contribution in [1.82, 2.24) is 19.9 Å². The third-order valence-electron chi connectivity index (χ3n) is 13.9. The van der Waals surface area contributed by atoms with E-state index >= 15 is 0 Å². The van der Waals surface area contributed by atoms with Crippen molar-refractivity contribution in [3.8, 4) is 0 Å². The van der Waals surface area contributed by atoms with Gasteiger partial charge in [0.15, 0.2) is 0 Å². The molecule has 1 unspecified atom stereocenters. The van der Waals surface area contributed by atoms with E-state index in [9.17, 15) is 0 Å². The molecule has 1 atom stereocenters. The van der Waals surface area contributed by atoms with E-state index in [0.717, 1.165) is 53.6 Å². The fraction of sp³-hybridized carbons (Fsp3) is 0.692. The first kappa shape index (κ1) is 29.6. The smallest absolute Gasteiger partial charge is 0.149 e. The molecule has 238 valence electrons. The number of nitrogens with zero attached hydrogens (tertiary/aromatic N) is 4. The molecule has 8 bridgehead atoms. The second-order valence-electron chi connectivity index (χ2n) is 17.9. The molecule has 0 N–H and O–H groups in total. The van der Waals surface area contributed by atoms with Crippen molar-refractivity contribution in [2.75, 3.05) is 6.16 Å². The molecular formula is C39H52N4P2. The minimum atomic E-state index is -0.634. The Morgan fingerprint density at radius 1 is 0.667 bits per heavy atom. The highest BCUT2D eigenvalue weighted by atomic mass is 31.1. The summed E-state index contributed by atoms with van der Waals surface area (Å²) < 4.78 is 0. The zero-order valence-electron chi connectivity index (χ0n) is 27.7. The average molecular weight is 639 g/mol. The van der Waals surface area contributed by atoms with Crippen LogP contribution < -0.4 is 0 Å². The molecule has 2 aromatic heterocycles. The van der Waals surface area contributed by atoms with Crippen LogP contribution in [0.15, 0.2) is 59.7 Å². The van der Waals surface area contributed by atoms with Gasteiger partial charge in [0.05, 0.1) is 0 Å². The number of aromatic nitrogens is 4. The number of allylic oxidation sites excluding steroid dienone is 4. The lowest BCUT2D eigenvalue weighted by atomic mass is 9.55. The molecule has 2 heterocycles. The molecule has 11 rings (SSSR count). The normalized spacial score (nSPS) is 39.1. The van der Waals surface area contributed by atoms with E-state index in [4.69, 9.17) is 19.9 Å². The molecule has 9 aliphatic rings. The van der Waals surface area contributed by atoms with Crippen molar-refractivity contribution in [1.29, 1.82) is 0 Å².